The minimum Gasteiger partial charge on any atom is -0.480 e. The van der Waals surface area contributed by atoms with Gasteiger partial charge in [-0.05, 0) is 49.6 Å². The zero-order valence-electron chi connectivity index (χ0n) is 19.6. The van der Waals surface area contributed by atoms with Crippen LogP contribution in [-0.4, -0.2) is 43.2 Å². The van der Waals surface area contributed by atoms with Gasteiger partial charge >= 0.3 is 5.97 Å². The Morgan fingerprint density at radius 2 is 1.80 bits per heavy atom. The van der Waals surface area contributed by atoms with Crippen LogP contribution in [-0.2, 0) is 17.8 Å². The van der Waals surface area contributed by atoms with E-state index < -0.39 is 17.9 Å². The van der Waals surface area contributed by atoms with Gasteiger partial charge in [-0.2, -0.15) is 0 Å². The van der Waals surface area contributed by atoms with Crippen molar-refractivity contribution in [3.8, 4) is 5.69 Å². The summed E-state index contributed by atoms with van der Waals surface area (Å²) in [5.74, 6) is -0.875. The van der Waals surface area contributed by atoms with Crippen molar-refractivity contribution in [2.45, 2.75) is 39.8 Å². The Morgan fingerprint density at radius 1 is 1.09 bits per heavy atom. The molecule has 0 aliphatic carbocycles. The molecule has 3 N–H and O–H groups in total. The van der Waals surface area contributed by atoms with Gasteiger partial charge in [-0.3, -0.25) is 4.79 Å². The molecule has 0 aliphatic heterocycles. The summed E-state index contributed by atoms with van der Waals surface area (Å²) in [6.07, 6.45) is 3.41. The Morgan fingerprint density at radius 3 is 2.43 bits per heavy atom. The lowest BCUT2D eigenvalue weighted by Crippen LogP contribution is -2.42. The lowest BCUT2D eigenvalue weighted by atomic mass is 9.98. The number of amides is 1. The Kier molecular flexibility index (Phi) is 6.91. The van der Waals surface area contributed by atoms with E-state index >= 15 is 0 Å². The second-order valence-corrected chi connectivity index (χ2v) is 8.40. The van der Waals surface area contributed by atoms with Crippen molar-refractivity contribution in [2.75, 3.05) is 5.32 Å². The molecular formula is C25H26N6O4. The summed E-state index contributed by atoms with van der Waals surface area (Å²) in [5, 5.41) is 27.5. The molecule has 0 bridgehead atoms. The first kappa shape index (κ1) is 23.7. The maximum Gasteiger partial charge on any atom is 0.326 e. The normalized spacial score (nSPS) is 11.7. The third-order valence-corrected chi connectivity index (χ3v) is 5.58. The SMILES string of the molecule is Cc1cc(C)c(C(=O)N[C@@H](Cc2ccc(-n3cc(CNc4ccon4)nn3)cc2)C(=O)O)c(C)c1. The van der Waals surface area contributed by atoms with Crippen LogP contribution in [0.4, 0.5) is 5.82 Å². The van der Waals surface area contributed by atoms with Crippen molar-refractivity contribution < 1.29 is 19.2 Å². The molecule has 0 fully saturated rings. The first-order chi connectivity index (χ1) is 16.8. The van der Waals surface area contributed by atoms with Crippen LogP contribution in [0.25, 0.3) is 5.69 Å². The van der Waals surface area contributed by atoms with Gasteiger partial charge in [0, 0.05) is 18.1 Å². The van der Waals surface area contributed by atoms with Crippen LogP contribution in [0.2, 0.25) is 0 Å². The molecule has 0 saturated heterocycles. The second-order valence-electron chi connectivity index (χ2n) is 8.40. The molecule has 10 heteroatoms. The molecule has 35 heavy (non-hydrogen) atoms. The van der Waals surface area contributed by atoms with Gasteiger partial charge < -0.3 is 20.3 Å². The minimum absolute atomic E-state index is 0.148. The standard InChI is InChI=1S/C25H26N6O4/c1-15-10-16(2)23(17(3)11-15)24(32)27-21(25(33)34)12-18-4-6-20(7-5-18)31-14-19(28-30-31)13-26-22-8-9-35-29-22/h4-11,14,21H,12-13H2,1-3H3,(H,26,29)(H,27,32)(H,33,34)/t21-/m0/s1. The van der Waals surface area contributed by atoms with Gasteiger partial charge in [0.1, 0.15) is 18.0 Å². The van der Waals surface area contributed by atoms with Gasteiger partial charge in [-0.15, -0.1) is 5.10 Å². The van der Waals surface area contributed by atoms with Crippen molar-refractivity contribution in [1.29, 1.82) is 0 Å². The lowest BCUT2D eigenvalue weighted by Gasteiger charge is -2.17. The Labute approximate surface area is 201 Å². The zero-order chi connectivity index (χ0) is 24.9. The van der Waals surface area contributed by atoms with E-state index in [0.717, 1.165) is 27.9 Å². The van der Waals surface area contributed by atoms with E-state index in [1.54, 1.807) is 16.9 Å². The van der Waals surface area contributed by atoms with Crippen LogP contribution >= 0.6 is 0 Å². The zero-order valence-corrected chi connectivity index (χ0v) is 19.6. The number of benzene rings is 2. The van der Waals surface area contributed by atoms with E-state index in [-0.39, 0.29) is 6.42 Å². The smallest absolute Gasteiger partial charge is 0.326 e. The molecule has 0 spiro atoms. The highest BCUT2D eigenvalue weighted by Gasteiger charge is 2.23. The first-order valence-corrected chi connectivity index (χ1v) is 11.1. The highest BCUT2D eigenvalue weighted by atomic mass is 16.5. The molecule has 0 radical (unpaired) electrons. The third kappa shape index (κ3) is 5.72. The monoisotopic (exact) mass is 474 g/mol. The Bertz CT molecular complexity index is 1310. The summed E-state index contributed by atoms with van der Waals surface area (Å²) in [5.41, 5.74) is 5.46. The van der Waals surface area contributed by atoms with Crippen LogP contribution in [0, 0.1) is 20.8 Å². The molecule has 1 atom stereocenters. The number of hydrogen-bond acceptors (Lipinski definition) is 7. The first-order valence-electron chi connectivity index (χ1n) is 11.1. The van der Waals surface area contributed by atoms with Gasteiger partial charge in [-0.1, -0.05) is 40.2 Å². The van der Waals surface area contributed by atoms with E-state index in [0.29, 0.717) is 23.6 Å². The summed E-state index contributed by atoms with van der Waals surface area (Å²) in [6.45, 7) is 6.10. The van der Waals surface area contributed by atoms with Crippen molar-refractivity contribution >= 4 is 17.7 Å². The van der Waals surface area contributed by atoms with Crippen LogP contribution in [0.5, 0.6) is 0 Å². The molecule has 1 amide bonds. The topological polar surface area (TPSA) is 135 Å². The number of anilines is 1. The van der Waals surface area contributed by atoms with E-state index in [1.165, 1.54) is 6.26 Å². The Balaban J connectivity index is 1.41. The maximum atomic E-state index is 12.9. The quantitative estimate of drug-likeness (QED) is 0.337. The fourth-order valence-corrected chi connectivity index (χ4v) is 3.98. The van der Waals surface area contributed by atoms with Crippen LogP contribution in [0.15, 0.2) is 59.4 Å². The highest BCUT2D eigenvalue weighted by Crippen LogP contribution is 2.17. The fraction of sp³-hybridized carbons (Fsp3) is 0.240. The predicted molar refractivity (Wildman–Crippen MR) is 128 cm³/mol. The number of carbonyl (C=O) groups excluding carboxylic acids is 1. The molecule has 4 rings (SSSR count). The molecular weight excluding hydrogens is 448 g/mol. The van der Waals surface area contributed by atoms with Crippen molar-refractivity contribution in [3.63, 3.8) is 0 Å². The van der Waals surface area contributed by atoms with Crippen molar-refractivity contribution in [2.24, 2.45) is 0 Å². The number of aromatic nitrogens is 4. The third-order valence-electron chi connectivity index (χ3n) is 5.58. The molecule has 10 nitrogen and oxygen atoms in total. The summed E-state index contributed by atoms with van der Waals surface area (Å²) in [7, 11) is 0. The average molecular weight is 475 g/mol. The Hall–Kier alpha value is -4.47. The number of nitrogens with zero attached hydrogens (tertiary/aromatic N) is 4. The van der Waals surface area contributed by atoms with Crippen LogP contribution < -0.4 is 10.6 Å². The van der Waals surface area contributed by atoms with Crippen molar-refractivity contribution in [3.05, 3.63) is 88.4 Å². The highest BCUT2D eigenvalue weighted by molar-refractivity contribution is 5.99. The number of carbonyl (C=O) groups is 2. The van der Waals surface area contributed by atoms with E-state index in [4.69, 9.17) is 4.52 Å². The number of rotatable bonds is 9. The van der Waals surface area contributed by atoms with E-state index in [2.05, 4.69) is 26.1 Å². The largest absolute Gasteiger partial charge is 0.480 e. The summed E-state index contributed by atoms with van der Waals surface area (Å²) >= 11 is 0. The van der Waals surface area contributed by atoms with Crippen molar-refractivity contribution in [1.82, 2.24) is 25.5 Å². The maximum absolute atomic E-state index is 12.9. The number of hydrogen-bond donors (Lipinski definition) is 3. The molecule has 0 aliphatic rings. The number of nitrogens with one attached hydrogen (secondary N) is 2. The van der Waals surface area contributed by atoms with Gasteiger partial charge in [0.2, 0.25) is 0 Å². The number of carboxylic acids is 1. The van der Waals surface area contributed by atoms with Gasteiger partial charge in [0.05, 0.1) is 18.4 Å². The second kappa shape index (κ2) is 10.2. The summed E-state index contributed by atoms with van der Waals surface area (Å²) in [6, 6.07) is 11.8. The van der Waals surface area contributed by atoms with E-state index in [1.807, 2.05) is 57.2 Å². The van der Waals surface area contributed by atoms with E-state index in [9.17, 15) is 14.7 Å². The average Bonchev–Trinajstić information content (AvgIpc) is 3.49. The summed E-state index contributed by atoms with van der Waals surface area (Å²) in [4.78, 5) is 24.7. The van der Waals surface area contributed by atoms with Crippen LogP contribution in [0.3, 0.4) is 0 Å². The van der Waals surface area contributed by atoms with Gasteiger partial charge in [-0.25, -0.2) is 9.48 Å². The number of aliphatic carboxylic acids is 1. The fourth-order valence-electron chi connectivity index (χ4n) is 3.98. The summed E-state index contributed by atoms with van der Waals surface area (Å²) < 4.78 is 6.40. The lowest BCUT2D eigenvalue weighted by molar-refractivity contribution is -0.139. The molecule has 2 aromatic heterocycles. The van der Waals surface area contributed by atoms with Crippen LogP contribution in [0.1, 0.15) is 38.3 Å². The number of aryl methyl sites for hydroxylation is 3. The van der Waals surface area contributed by atoms with Gasteiger partial charge in [0.25, 0.3) is 5.91 Å². The molecule has 4 aromatic rings. The molecule has 0 unspecified atom stereocenters. The minimum atomic E-state index is -1.09. The molecule has 0 saturated carbocycles. The molecule has 2 aromatic carbocycles. The van der Waals surface area contributed by atoms with Gasteiger partial charge in [0.15, 0.2) is 5.82 Å². The predicted octanol–water partition coefficient (Wildman–Crippen LogP) is 3.22. The molecule has 180 valence electrons. The molecule has 2 heterocycles. The number of carboxylic acid groups (broad SMARTS) is 1.